The van der Waals surface area contributed by atoms with Gasteiger partial charge in [0.2, 0.25) is 0 Å². The van der Waals surface area contributed by atoms with Crippen LogP contribution in [0.5, 0.6) is 0 Å². The van der Waals surface area contributed by atoms with Crippen molar-refractivity contribution in [3.8, 4) is 67.5 Å². The Balaban J connectivity index is 1.11. The maximum atomic E-state index is 7.23. The molecule has 0 N–H and O–H groups in total. The summed E-state index contributed by atoms with van der Waals surface area (Å²) >= 11 is 1.83. The third kappa shape index (κ3) is 5.70. The van der Waals surface area contributed by atoms with Gasteiger partial charge in [-0.2, -0.15) is 0 Å². The van der Waals surface area contributed by atoms with Crippen molar-refractivity contribution in [2.75, 3.05) is 0 Å². The third-order valence-electron chi connectivity index (χ3n) is 11.6. The molecule has 0 aliphatic rings. The second-order valence-electron chi connectivity index (χ2n) is 15.1. The number of nitrogens with zero attached hydrogens (tertiary/aromatic N) is 3. The lowest BCUT2D eigenvalue weighted by Gasteiger charge is -2.12. The van der Waals surface area contributed by atoms with Crippen LogP contribution >= 0.6 is 11.3 Å². The van der Waals surface area contributed by atoms with Crippen LogP contribution in [0.2, 0.25) is 0 Å². The molecule has 3 aromatic heterocycles. The number of hydrogen-bond donors (Lipinski definition) is 0. The molecule has 280 valence electrons. The van der Waals surface area contributed by atoms with Crippen LogP contribution in [0.3, 0.4) is 0 Å². The van der Waals surface area contributed by atoms with Crippen molar-refractivity contribution in [3.63, 3.8) is 0 Å². The van der Waals surface area contributed by atoms with Crippen LogP contribution in [-0.4, -0.2) is 15.0 Å². The molecule has 0 radical (unpaired) electrons. The molecule has 60 heavy (non-hydrogen) atoms. The Kier molecular flexibility index (Phi) is 8.00. The van der Waals surface area contributed by atoms with Gasteiger partial charge >= 0.3 is 0 Å². The lowest BCUT2D eigenvalue weighted by atomic mass is 9.94. The molecular formula is C55H33N3OS. The minimum absolute atomic E-state index is 0.583. The van der Waals surface area contributed by atoms with Gasteiger partial charge in [-0.25, -0.2) is 15.0 Å². The molecule has 0 saturated carbocycles. The van der Waals surface area contributed by atoms with Crippen molar-refractivity contribution >= 4 is 64.2 Å². The fourth-order valence-corrected chi connectivity index (χ4v) is 9.75. The van der Waals surface area contributed by atoms with Crippen molar-refractivity contribution in [1.29, 1.82) is 0 Å². The zero-order valence-corrected chi connectivity index (χ0v) is 33.0. The largest absolute Gasteiger partial charge is 0.455 e. The summed E-state index contributed by atoms with van der Waals surface area (Å²) in [7, 11) is 0. The molecular weight excluding hydrogens is 751 g/mol. The average Bonchev–Trinajstić information content (AvgIpc) is 3.91. The van der Waals surface area contributed by atoms with Crippen molar-refractivity contribution < 1.29 is 4.42 Å². The summed E-state index contributed by atoms with van der Waals surface area (Å²) < 4.78 is 9.79. The maximum absolute atomic E-state index is 7.23. The van der Waals surface area contributed by atoms with E-state index in [0.29, 0.717) is 17.5 Å². The second kappa shape index (κ2) is 14.0. The monoisotopic (exact) mass is 783 g/mol. The molecule has 4 nitrogen and oxygen atoms in total. The van der Waals surface area contributed by atoms with Crippen LogP contribution in [-0.2, 0) is 0 Å². The number of rotatable bonds is 6. The summed E-state index contributed by atoms with van der Waals surface area (Å²) in [4.78, 5) is 15.6. The number of benzene rings is 9. The van der Waals surface area contributed by atoms with Gasteiger partial charge in [0, 0.05) is 58.8 Å². The maximum Gasteiger partial charge on any atom is 0.164 e. The van der Waals surface area contributed by atoms with Gasteiger partial charge in [0.1, 0.15) is 11.2 Å². The highest BCUT2D eigenvalue weighted by molar-refractivity contribution is 7.25. The van der Waals surface area contributed by atoms with E-state index in [0.717, 1.165) is 77.4 Å². The van der Waals surface area contributed by atoms with Gasteiger partial charge in [-0.1, -0.05) is 170 Å². The quantitative estimate of drug-likeness (QED) is 0.169. The standard InChI is InChI=1S/C55H33N3OS/c1-3-13-34(14-4-1)35-25-27-38(28-26-35)54-56-53(37-16-5-2-6-17-37)57-55(58-54)46-31-30-44(42-22-11-18-36-15-7-8-19-40(36)42)52-50(46)45-23-12-21-41(51(45)59-52)39-29-32-49-47(33-39)43-20-9-10-24-48(43)60-49/h1-33H. The lowest BCUT2D eigenvalue weighted by Crippen LogP contribution is -2.00. The molecule has 0 spiro atoms. The highest BCUT2D eigenvalue weighted by atomic mass is 32.1. The molecule has 0 aliphatic heterocycles. The Morgan fingerprint density at radius 3 is 1.68 bits per heavy atom. The lowest BCUT2D eigenvalue weighted by molar-refractivity contribution is 0.671. The van der Waals surface area contributed by atoms with Crippen molar-refractivity contribution in [2.45, 2.75) is 0 Å². The van der Waals surface area contributed by atoms with Crippen LogP contribution in [0.15, 0.2) is 205 Å². The molecule has 5 heteroatoms. The summed E-state index contributed by atoms with van der Waals surface area (Å²) in [6.45, 7) is 0. The van der Waals surface area contributed by atoms with E-state index in [2.05, 4.69) is 164 Å². The highest BCUT2D eigenvalue weighted by Gasteiger charge is 2.23. The molecule has 0 unspecified atom stereocenters. The van der Waals surface area contributed by atoms with Gasteiger partial charge in [0.25, 0.3) is 0 Å². The van der Waals surface area contributed by atoms with Crippen molar-refractivity contribution in [1.82, 2.24) is 15.0 Å². The Morgan fingerprint density at radius 2 is 0.867 bits per heavy atom. The van der Waals surface area contributed by atoms with E-state index < -0.39 is 0 Å². The van der Waals surface area contributed by atoms with E-state index >= 15 is 0 Å². The molecule has 9 aromatic carbocycles. The smallest absolute Gasteiger partial charge is 0.164 e. The molecule has 0 bridgehead atoms. The fraction of sp³-hybridized carbons (Fsp3) is 0. The summed E-state index contributed by atoms with van der Waals surface area (Å²) in [6.07, 6.45) is 0. The zero-order valence-electron chi connectivity index (χ0n) is 32.2. The van der Waals surface area contributed by atoms with E-state index in [1.165, 1.54) is 25.6 Å². The number of para-hydroxylation sites is 1. The predicted octanol–water partition coefficient (Wildman–Crippen LogP) is 15.3. The number of aromatic nitrogens is 3. The van der Waals surface area contributed by atoms with E-state index in [-0.39, 0.29) is 0 Å². The van der Waals surface area contributed by atoms with E-state index in [9.17, 15) is 0 Å². The van der Waals surface area contributed by atoms with Gasteiger partial charge in [-0.05, 0) is 63.4 Å². The number of hydrogen-bond acceptors (Lipinski definition) is 5. The molecule has 3 heterocycles. The van der Waals surface area contributed by atoms with E-state index in [1.807, 2.05) is 47.7 Å². The van der Waals surface area contributed by atoms with E-state index in [4.69, 9.17) is 19.4 Å². The van der Waals surface area contributed by atoms with Gasteiger partial charge in [0.15, 0.2) is 17.5 Å². The van der Waals surface area contributed by atoms with Crippen LogP contribution in [0.4, 0.5) is 0 Å². The first-order valence-corrected chi connectivity index (χ1v) is 20.9. The topological polar surface area (TPSA) is 51.8 Å². The number of fused-ring (bicyclic) bond motifs is 7. The van der Waals surface area contributed by atoms with Crippen molar-refractivity contribution in [3.05, 3.63) is 200 Å². The molecule has 0 atom stereocenters. The summed E-state index contributed by atoms with van der Waals surface area (Å²) in [5.74, 6) is 1.80. The highest BCUT2D eigenvalue weighted by Crippen LogP contribution is 2.46. The normalized spacial score (nSPS) is 11.7. The molecule has 0 aliphatic carbocycles. The molecule has 12 rings (SSSR count). The fourth-order valence-electron chi connectivity index (χ4n) is 8.67. The van der Waals surface area contributed by atoms with Crippen LogP contribution in [0.25, 0.3) is 120 Å². The first-order chi connectivity index (χ1) is 29.7. The van der Waals surface area contributed by atoms with Crippen molar-refractivity contribution in [2.24, 2.45) is 0 Å². The third-order valence-corrected chi connectivity index (χ3v) is 12.7. The SMILES string of the molecule is c1ccc(-c2ccc(-c3nc(-c4ccccc4)nc(-c4ccc(-c5cccc6ccccc56)c5oc6c(-c7ccc8sc9ccccc9c8c7)cccc6c45)n3)cc2)cc1. The minimum Gasteiger partial charge on any atom is -0.455 e. The number of thiophene rings is 1. The molecule has 0 fully saturated rings. The Labute approximate surface area is 349 Å². The van der Waals surface area contributed by atoms with Gasteiger partial charge in [-0.15, -0.1) is 11.3 Å². The summed E-state index contributed by atoms with van der Waals surface area (Å²) in [5, 5.41) is 6.83. The average molecular weight is 784 g/mol. The molecule has 12 aromatic rings. The van der Waals surface area contributed by atoms with Crippen LogP contribution < -0.4 is 0 Å². The summed E-state index contributed by atoms with van der Waals surface area (Å²) in [6, 6.07) is 70.3. The Hall–Kier alpha value is -7.73. The van der Waals surface area contributed by atoms with E-state index in [1.54, 1.807) is 0 Å². The number of furan rings is 1. The van der Waals surface area contributed by atoms with Gasteiger partial charge in [-0.3, -0.25) is 0 Å². The Morgan fingerprint density at radius 1 is 0.317 bits per heavy atom. The van der Waals surface area contributed by atoms with Crippen LogP contribution in [0, 0.1) is 0 Å². The molecule has 0 amide bonds. The van der Waals surface area contributed by atoms with Gasteiger partial charge in [0.05, 0.1) is 0 Å². The zero-order chi connectivity index (χ0) is 39.6. The predicted molar refractivity (Wildman–Crippen MR) is 250 cm³/mol. The van der Waals surface area contributed by atoms with Crippen LogP contribution in [0.1, 0.15) is 0 Å². The van der Waals surface area contributed by atoms with Gasteiger partial charge < -0.3 is 4.42 Å². The molecule has 0 saturated heterocycles. The first-order valence-electron chi connectivity index (χ1n) is 20.1. The first kappa shape index (κ1) is 34.3. The minimum atomic E-state index is 0.583. The Bertz CT molecular complexity index is 3590. The second-order valence-corrected chi connectivity index (χ2v) is 16.2. The summed E-state index contributed by atoms with van der Waals surface area (Å²) in [5.41, 5.74) is 10.9.